The number of carbonyl (C=O) groups is 1. The van der Waals surface area contributed by atoms with Crippen LogP contribution in [0.4, 0.5) is 4.39 Å². The minimum absolute atomic E-state index is 0.0715. The van der Waals surface area contributed by atoms with Crippen LogP contribution in [-0.2, 0) is 21.4 Å². The Morgan fingerprint density at radius 3 is 2.39 bits per heavy atom. The van der Waals surface area contributed by atoms with Crippen molar-refractivity contribution in [2.45, 2.75) is 11.4 Å². The lowest BCUT2D eigenvalue weighted by atomic mass is 10.2. The van der Waals surface area contributed by atoms with Gasteiger partial charge in [-0.3, -0.25) is 4.79 Å². The molecule has 0 heterocycles. The second kappa shape index (κ2) is 11.0. The molecule has 0 aliphatic carbocycles. The van der Waals surface area contributed by atoms with Gasteiger partial charge in [-0.05, 0) is 60.2 Å². The molecule has 10 heteroatoms. The van der Waals surface area contributed by atoms with Crippen molar-refractivity contribution in [3.8, 4) is 5.75 Å². The molecule has 0 saturated carbocycles. The van der Waals surface area contributed by atoms with Crippen LogP contribution in [0.15, 0.2) is 82.8 Å². The van der Waals surface area contributed by atoms with Gasteiger partial charge in [-0.15, -0.1) is 0 Å². The van der Waals surface area contributed by atoms with E-state index in [4.69, 9.17) is 16.3 Å². The van der Waals surface area contributed by atoms with Crippen LogP contribution in [0.25, 0.3) is 0 Å². The Hall–Kier alpha value is -3.27. The highest BCUT2D eigenvalue weighted by Crippen LogP contribution is 2.21. The fourth-order valence-corrected chi connectivity index (χ4v) is 4.36. The predicted octanol–water partition coefficient (Wildman–Crippen LogP) is 3.83. The molecule has 0 fully saturated rings. The molecule has 0 saturated heterocycles. The number of sulfonamides is 1. The number of hydrogen-bond acceptors (Lipinski definition) is 5. The Morgan fingerprint density at radius 2 is 1.76 bits per heavy atom. The molecular formula is C23H21ClFN3O4S. The number of hydrazone groups is 1. The highest BCUT2D eigenvalue weighted by atomic mass is 35.5. The van der Waals surface area contributed by atoms with Crippen LogP contribution in [0.2, 0.25) is 5.02 Å². The van der Waals surface area contributed by atoms with Crippen LogP contribution >= 0.6 is 11.6 Å². The Labute approximate surface area is 196 Å². The van der Waals surface area contributed by atoms with Gasteiger partial charge in [-0.2, -0.15) is 9.41 Å². The van der Waals surface area contributed by atoms with Crippen LogP contribution in [0.3, 0.4) is 0 Å². The number of halogens is 2. The molecule has 1 amide bonds. The van der Waals surface area contributed by atoms with Crippen molar-refractivity contribution < 1.29 is 22.3 Å². The zero-order valence-corrected chi connectivity index (χ0v) is 19.2. The molecule has 0 spiro atoms. The van der Waals surface area contributed by atoms with Gasteiger partial charge in [0.15, 0.2) is 0 Å². The van der Waals surface area contributed by atoms with E-state index >= 15 is 0 Å². The number of rotatable bonds is 9. The first-order valence-corrected chi connectivity index (χ1v) is 11.6. The van der Waals surface area contributed by atoms with E-state index in [0.29, 0.717) is 16.3 Å². The van der Waals surface area contributed by atoms with Crippen molar-refractivity contribution in [3.63, 3.8) is 0 Å². The van der Waals surface area contributed by atoms with E-state index in [1.54, 1.807) is 37.4 Å². The van der Waals surface area contributed by atoms with Crippen molar-refractivity contribution in [2.24, 2.45) is 5.10 Å². The third-order valence-corrected chi connectivity index (χ3v) is 6.65. The second-order valence-electron chi connectivity index (χ2n) is 6.88. The number of carbonyl (C=O) groups excluding carboxylic acids is 1. The zero-order chi connectivity index (χ0) is 23.8. The first kappa shape index (κ1) is 24.4. The molecule has 172 valence electrons. The normalized spacial score (nSPS) is 11.6. The van der Waals surface area contributed by atoms with Crippen LogP contribution in [-0.4, -0.2) is 38.5 Å². The standard InChI is InChI=1S/C23H21ClFN3O4S/c1-32-20-10-6-17(7-11-20)14-26-27-23(29)16-28(15-18-4-2-3-5-22(18)25)33(30,31)21-12-8-19(24)9-13-21/h2-14H,15-16H2,1H3,(H,27,29)/b26-14-. The van der Waals surface area contributed by atoms with Crippen molar-refractivity contribution in [1.82, 2.24) is 9.73 Å². The van der Waals surface area contributed by atoms with Gasteiger partial charge >= 0.3 is 0 Å². The SMILES string of the molecule is COc1ccc(/C=N\NC(=O)CN(Cc2ccccc2F)S(=O)(=O)c2ccc(Cl)cc2)cc1. The Balaban J connectivity index is 1.78. The van der Waals surface area contributed by atoms with Gasteiger partial charge in [-0.1, -0.05) is 29.8 Å². The lowest BCUT2D eigenvalue weighted by Gasteiger charge is -2.21. The van der Waals surface area contributed by atoms with E-state index in [-0.39, 0.29) is 17.0 Å². The Morgan fingerprint density at radius 1 is 1.09 bits per heavy atom. The summed E-state index contributed by atoms with van der Waals surface area (Å²) in [7, 11) is -2.58. The summed E-state index contributed by atoms with van der Waals surface area (Å²) in [6, 6.07) is 18.2. The van der Waals surface area contributed by atoms with E-state index < -0.39 is 28.3 Å². The maximum atomic E-state index is 14.2. The number of nitrogens with zero attached hydrogens (tertiary/aromatic N) is 2. The fraction of sp³-hybridized carbons (Fsp3) is 0.130. The summed E-state index contributed by atoms with van der Waals surface area (Å²) in [6.45, 7) is -0.910. The van der Waals surface area contributed by atoms with E-state index in [0.717, 1.165) is 4.31 Å². The van der Waals surface area contributed by atoms with E-state index in [1.165, 1.54) is 48.7 Å². The smallest absolute Gasteiger partial charge is 0.255 e. The average molecular weight is 490 g/mol. The van der Waals surface area contributed by atoms with Crippen LogP contribution < -0.4 is 10.2 Å². The third-order valence-electron chi connectivity index (χ3n) is 4.59. The second-order valence-corrected chi connectivity index (χ2v) is 9.26. The number of ether oxygens (including phenoxy) is 1. The topological polar surface area (TPSA) is 88.1 Å². The monoisotopic (exact) mass is 489 g/mol. The lowest BCUT2D eigenvalue weighted by Crippen LogP contribution is -2.39. The molecule has 3 aromatic rings. The van der Waals surface area contributed by atoms with Gasteiger partial charge in [0.05, 0.1) is 24.8 Å². The quantitative estimate of drug-likeness (QED) is 0.365. The van der Waals surface area contributed by atoms with Crippen molar-refractivity contribution in [2.75, 3.05) is 13.7 Å². The van der Waals surface area contributed by atoms with Crippen LogP contribution in [0, 0.1) is 5.82 Å². The third kappa shape index (κ3) is 6.61. The zero-order valence-electron chi connectivity index (χ0n) is 17.6. The highest BCUT2D eigenvalue weighted by molar-refractivity contribution is 7.89. The summed E-state index contributed by atoms with van der Waals surface area (Å²) in [5, 5.41) is 4.22. The molecular weight excluding hydrogens is 469 g/mol. The maximum absolute atomic E-state index is 14.2. The molecule has 0 bridgehead atoms. The summed E-state index contributed by atoms with van der Waals surface area (Å²) in [6.07, 6.45) is 1.41. The maximum Gasteiger partial charge on any atom is 0.255 e. The molecule has 0 unspecified atom stereocenters. The van der Waals surface area contributed by atoms with Gasteiger partial charge < -0.3 is 4.74 Å². The van der Waals surface area contributed by atoms with Gasteiger partial charge in [0.25, 0.3) is 5.91 Å². The van der Waals surface area contributed by atoms with Crippen molar-refractivity contribution >= 4 is 33.7 Å². The largest absolute Gasteiger partial charge is 0.497 e. The first-order chi connectivity index (χ1) is 15.8. The minimum Gasteiger partial charge on any atom is -0.497 e. The van der Waals surface area contributed by atoms with Gasteiger partial charge in [-0.25, -0.2) is 18.2 Å². The minimum atomic E-state index is -4.13. The molecule has 0 radical (unpaired) electrons. The predicted molar refractivity (Wildman–Crippen MR) is 124 cm³/mol. The molecule has 3 aromatic carbocycles. The molecule has 7 nitrogen and oxygen atoms in total. The summed E-state index contributed by atoms with van der Waals surface area (Å²) < 4.78 is 46.5. The Bertz CT molecular complexity index is 1230. The molecule has 0 aliphatic heterocycles. The lowest BCUT2D eigenvalue weighted by molar-refractivity contribution is -0.121. The highest BCUT2D eigenvalue weighted by Gasteiger charge is 2.27. The number of amides is 1. The number of hydrogen-bond donors (Lipinski definition) is 1. The van der Waals surface area contributed by atoms with Crippen molar-refractivity contribution in [1.29, 1.82) is 0 Å². The van der Waals surface area contributed by atoms with E-state index in [2.05, 4.69) is 10.5 Å². The summed E-state index contributed by atoms with van der Waals surface area (Å²) in [4.78, 5) is 12.4. The molecule has 0 atom stereocenters. The van der Waals surface area contributed by atoms with Crippen LogP contribution in [0.5, 0.6) is 5.75 Å². The molecule has 3 rings (SSSR count). The molecule has 0 aromatic heterocycles. The van der Waals surface area contributed by atoms with Gasteiger partial charge in [0.2, 0.25) is 10.0 Å². The molecule has 33 heavy (non-hydrogen) atoms. The van der Waals surface area contributed by atoms with E-state index in [9.17, 15) is 17.6 Å². The van der Waals surface area contributed by atoms with Crippen LogP contribution in [0.1, 0.15) is 11.1 Å². The Kier molecular flexibility index (Phi) is 8.16. The van der Waals surface area contributed by atoms with E-state index in [1.807, 2.05) is 0 Å². The number of methoxy groups -OCH3 is 1. The fourth-order valence-electron chi connectivity index (χ4n) is 2.86. The summed E-state index contributed by atoms with van der Waals surface area (Å²) >= 11 is 5.86. The summed E-state index contributed by atoms with van der Waals surface area (Å²) in [5.41, 5.74) is 3.13. The molecule has 1 N–H and O–H groups in total. The number of benzene rings is 3. The summed E-state index contributed by atoms with van der Waals surface area (Å²) in [5.74, 6) is -0.590. The average Bonchev–Trinajstić information content (AvgIpc) is 2.80. The van der Waals surface area contributed by atoms with Gasteiger partial charge in [0, 0.05) is 17.1 Å². The molecule has 0 aliphatic rings. The van der Waals surface area contributed by atoms with Gasteiger partial charge in [0.1, 0.15) is 11.6 Å². The first-order valence-electron chi connectivity index (χ1n) is 9.74. The number of nitrogens with one attached hydrogen (secondary N) is 1. The van der Waals surface area contributed by atoms with Crippen molar-refractivity contribution in [3.05, 3.63) is 94.8 Å².